The third-order valence-electron chi connectivity index (χ3n) is 1.43. The molecule has 0 unspecified atom stereocenters. The fourth-order valence-corrected chi connectivity index (χ4v) is 0.842. The smallest absolute Gasteiger partial charge is 0.0778 e. The SMILES string of the molecule is CC(C)C[NH2+]CCCC(=O)[O-]. The molecule has 0 bridgehead atoms. The molecule has 66 valence electrons. The summed E-state index contributed by atoms with van der Waals surface area (Å²) in [6, 6.07) is 0. The normalized spacial score (nSPS) is 10.5. The van der Waals surface area contributed by atoms with Crippen molar-refractivity contribution in [3.63, 3.8) is 0 Å². The summed E-state index contributed by atoms with van der Waals surface area (Å²) in [4.78, 5) is 9.97. The van der Waals surface area contributed by atoms with Crippen LogP contribution in [-0.2, 0) is 4.79 Å². The minimum atomic E-state index is -0.942. The second-order valence-corrected chi connectivity index (χ2v) is 3.18. The van der Waals surface area contributed by atoms with Gasteiger partial charge in [-0.25, -0.2) is 0 Å². The van der Waals surface area contributed by atoms with Gasteiger partial charge in [0.05, 0.1) is 13.1 Å². The van der Waals surface area contributed by atoms with E-state index < -0.39 is 5.97 Å². The fourth-order valence-electron chi connectivity index (χ4n) is 0.842. The van der Waals surface area contributed by atoms with Crippen molar-refractivity contribution in [3.05, 3.63) is 0 Å². The van der Waals surface area contributed by atoms with Gasteiger partial charge in [0.15, 0.2) is 0 Å². The Kier molecular flexibility index (Phi) is 5.84. The highest BCUT2D eigenvalue weighted by atomic mass is 16.4. The van der Waals surface area contributed by atoms with Gasteiger partial charge in [0.2, 0.25) is 0 Å². The van der Waals surface area contributed by atoms with Crippen molar-refractivity contribution in [2.24, 2.45) is 5.92 Å². The van der Waals surface area contributed by atoms with Crippen molar-refractivity contribution in [1.82, 2.24) is 0 Å². The molecule has 0 saturated heterocycles. The first-order valence-electron chi connectivity index (χ1n) is 4.14. The quantitative estimate of drug-likeness (QED) is 0.492. The first-order chi connectivity index (χ1) is 5.13. The van der Waals surface area contributed by atoms with Crippen LogP contribution in [0.2, 0.25) is 0 Å². The monoisotopic (exact) mass is 159 g/mol. The Labute approximate surface area is 67.8 Å². The number of quaternary nitrogens is 1. The van der Waals surface area contributed by atoms with Gasteiger partial charge in [0, 0.05) is 18.3 Å². The van der Waals surface area contributed by atoms with Crippen LogP contribution in [0.5, 0.6) is 0 Å². The highest BCUT2D eigenvalue weighted by molar-refractivity contribution is 5.64. The number of aliphatic carboxylic acids is 1. The lowest BCUT2D eigenvalue weighted by molar-refractivity contribution is -0.659. The topological polar surface area (TPSA) is 56.7 Å². The minimum absolute atomic E-state index is 0.189. The summed E-state index contributed by atoms with van der Waals surface area (Å²) >= 11 is 0. The van der Waals surface area contributed by atoms with E-state index in [-0.39, 0.29) is 6.42 Å². The van der Waals surface area contributed by atoms with Gasteiger partial charge in [0.25, 0.3) is 0 Å². The molecule has 3 nitrogen and oxygen atoms in total. The van der Waals surface area contributed by atoms with E-state index in [1.165, 1.54) is 0 Å². The van der Waals surface area contributed by atoms with Crippen LogP contribution in [0.4, 0.5) is 0 Å². The number of hydrogen-bond acceptors (Lipinski definition) is 2. The van der Waals surface area contributed by atoms with Crippen LogP contribution < -0.4 is 10.4 Å². The Morgan fingerprint density at radius 1 is 1.55 bits per heavy atom. The van der Waals surface area contributed by atoms with Crippen LogP contribution in [0.3, 0.4) is 0 Å². The van der Waals surface area contributed by atoms with Crippen LogP contribution in [0.25, 0.3) is 0 Å². The highest BCUT2D eigenvalue weighted by Crippen LogP contribution is 1.83. The second kappa shape index (κ2) is 6.16. The summed E-state index contributed by atoms with van der Waals surface area (Å²) in [5.41, 5.74) is 0. The predicted molar refractivity (Wildman–Crippen MR) is 40.7 cm³/mol. The Hall–Kier alpha value is -0.570. The maximum atomic E-state index is 9.97. The molecule has 0 aromatic rings. The summed E-state index contributed by atoms with van der Waals surface area (Å²) in [7, 11) is 0. The number of rotatable bonds is 6. The molecule has 2 N–H and O–H groups in total. The largest absolute Gasteiger partial charge is 0.550 e. The molecule has 0 heterocycles. The van der Waals surface area contributed by atoms with Crippen LogP contribution >= 0.6 is 0 Å². The molecular weight excluding hydrogens is 142 g/mol. The van der Waals surface area contributed by atoms with E-state index >= 15 is 0 Å². The molecule has 0 amide bonds. The van der Waals surface area contributed by atoms with Gasteiger partial charge in [-0.15, -0.1) is 0 Å². The van der Waals surface area contributed by atoms with Gasteiger partial charge < -0.3 is 15.2 Å². The number of carbonyl (C=O) groups excluding carboxylic acids is 1. The van der Waals surface area contributed by atoms with Crippen molar-refractivity contribution in [3.8, 4) is 0 Å². The average Bonchev–Trinajstić information content (AvgIpc) is 1.85. The van der Waals surface area contributed by atoms with Crippen molar-refractivity contribution in [2.75, 3.05) is 13.1 Å². The van der Waals surface area contributed by atoms with Gasteiger partial charge >= 0.3 is 0 Å². The number of nitrogens with two attached hydrogens (primary N) is 1. The van der Waals surface area contributed by atoms with Gasteiger partial charge in [-0.3, -0.25) is 0 Å². The number of hydrogen-bond donors (Lipinski definition) is 1. The van der Waals surface area contributed by atoms with E-state index in [1.54, 1.807) is 0 Å². The standard InChI is InChI=1S/C8H17NO2/c1-7(2)6-9-5-3-4-8(10)11/h7,9H,3-6H2,1-2H3,(H,10,11). The van der Waals surface area contributed by atoms with E-state index in [1.807, 2.05) is 0 Å². The minimum Gasteiger partial charge on any atom is -0.550 e. The molecule has 0 aromatic carbocycles. The molecule has 0 spiro atoms. The summed E-state index contributed by atoms with van der Waals surface area (Å²) in [6.07, 6.45) is 0.906. The van der Waals surface area contributed by atoms with Gasteiger partial charge in [-0.05, 0) is 6.42 Å². The van der Waals surface area contributed by atoms with E-state index in [0.29, 0.717) is 5.92 Å². The zero-order valence-electron chi connectivity index (χ0n) is 7.30. The Morgan fingerprint density at radius 2 is 2.18 bits per heavy atom. The molecular formula is C8H17NO2. The van der Waals surface area contributed by atoms with Crippen molar-refractivity contribution >= 4 is 5.97 Å². The van der Waals surface area contributed by atoms with Gasteiger partial charge in [0.1, 0.15) is 0 Å². The Morgan fingerprint density at radius 3 is 2.64 bits per heavy atom. The van der Waals surface area contributed by atoms with Crippen LogP contribution in [0, 0.1) is 5.92 Å². The number of carbonyl (C=O) groups is 1. The predicted octanol–water partition coefficient (Wildman–Crippen LogP) is -1.26. The van der Waals surface area contributed by atoms with Crippen molar-refractivity contribution < 1.29 is 15.2 Å². The summed E-state index contributed by atoms with van der Waals surface area (Å²) in [5, 5.41) is 12.1. The van der Waals surface area contributed by atoms with Gasteiger partial charge in [-0.1, -0.05) is 13.8 Å². The molecule has 0 aliphatic heterocycles. The lowest BCUT2D eigenvalue weighted by atomic mass is 10.2. The van der Waals surface area contributed by atoms with E-state index in [2.05, 4.69) is 19.2 Å². The Bertz CT molecular complexity index is 113. The van der Waals surface area contributed by atoms with Crippen LogP contribution in [-0.4, -0.2) is 19.1 Å². The van der Waals surface area contributed by atoms with Crippen LogP contribution in [0.15, 0.2) is 0 Å². The van der Waals surface area contributed by atoms with Crippen LogP contribution in [0.1, 0.15) is 26.7 Å². The molecule has 0 rings (SSSR count). The summed E-state index contributed by atoms with van der Waals surface area (Å²) in [5.74, 6) is -0.263. The first-order valence-corrected chi connectivity index (χ1v) is 4.14. The maximum Gasteiger partial charge on any atom is 0.0778 e. The van der Waals surface area contributed by atoms with E-state index in [0.717, 1.165) is 19.5 Å². The van der Waals surface area contributed by atoms with Crippen molar-refractivity contribution in [1.29, 1.82) is 0 Å². The lowest BCUT2D eigenvalue weighted by Crippen LogP contribution is -2.85. The third-order valence-corrected chi connectivity index (χ3v) is 1.43. The molecule has 0 atom stereocenters. The zero-order chi connectivity index (χ0) is 8.69. The molecule has 0 fully saturated rings. The highest BCUT2D eigenvalue weighted by Gasteiger charge is 1.95. The first kappa shape index (κ1) is 10.4. The number of carboxylic acid groups (broad SMARTS) is 1. The van der Waals surface area contributed by atoms with E-state index in [4.69, 9.17) is 0 Å². The summed E-state index contributed by atoms with van der Waals surface area (Å²) < 4.78 is 0. The molecule has 0 aliphatic rings. The second-order valence-electron chi connectivity index (χ2n) is 3.18. The fraction of sp³-hybridized carbons (Fsp3) is 0.875. The average molecular weight is 159 g/mol. The zero-order valence-corrected chi connectivity index (χ0v) is 7.30. The molecule has 3 heteroatoms. The molecule has 0 aliphatic carbocycles. The summed E-state index contributed by atoms with van der Waals surface area (Å²) in [6.45, 7) is 6.27. The third kappa shape index (κ3) is 9.43. The Balaban J connectivity index is 2.97. The lowest BCUT2D eigenvalue weighted by Gasteiger charge is -2.04. The number of carboxylic acids is 1. The van der Waals surface area contributed by atoms with E-state index in [9.17, 15) is 9.90 Å². The molecule has 0 radical (unpaired) electrons. The van der Waals surface area contributed by atoms with Crippen molar-refractivity contribution in [2.45, 2.75) is 26.7 Å². The maximum absolute atomic E-state index is 9.97. The molecule has 0 aromatic heterocycles. The molecule has 0 saturated carbocycles. The molecule has 11 heavy (non-hydrogen) atoms. The van der Waals surface area contributed by atoms with Gasteiger partial charge in [-0.2, -0.15) is 0 Å².